The van der Waals surface area contributed by atoms with Crippen LogP contribution in [0.5, 0.6) is 0 Å². The van der Waals surface area contributed by atoms with E-state index in [4.69, 9.17) is 11.6 Å². The minimum Gasteiger partial charge on any atom is -0.274 e. The Morgan fingerprint density at radius 1 is 1.35 bits per heavy atom. The fraction of sp³-hybridized carbons (Fsp3) is 0.167. The number of hydrogen-bond donors (Lipinski definition) is 1. The Morgan fingerprint density at radius 3 is 2.59 bits per heavy atom. The van der Waals surface area contributed by atoms with Crippen LogP contribution in [0.1, 0.15) is 12.5 Å². The molecule has 0 unspecified atom stereocenters. The summed E-state index contributed by atoms with van der Waals surface area (Å²) < 4.78 is 0. The molecule has 0 radical (unpaired) electrons. The second-order valence-corrected chi connectivity index (χ2v) is 4.07. The van der Waals surface area contributed by atoms with E-state index in [9.17, 15) is 4.79 Å². The first-order chi connectivity index (χ1) is 8.09. The van der Waals surface area contributed by atoms with E-state index in [1.165, 1.54) is 11.7 Å². The van der Waals surface area contributed by atoms with Crippen LogP contribution in [-0.4, -0.2) is 15.8 Å². The van der Waals surface area contributed by atoms with Crippen molar-refractivity contribution in [2.24, 2.45) is 0 Å². The number of benzene rings is 1. The number of halogens is 1. The summed E-state index contributed by atoms with van der Waals surface area (Å²) in [6.07, 6.45) is 0. The number of amides is 1. The van der Waals surface area contributed by atoms with Gasteiger partial charge in [-0.2, -0.15) is 9.89 Å². The van der Waals surface area contributed by atoms with Gasteiger partial charge in [-0.05, 0) is 6.92 Å². The molecule has 0 aliphatic carbocycles. The van der Waals surface area contributed by atoms with Crippen LogP contribution in [0.15, 0.2) is 30.3 Å². The summed E-state index contributed by atoms with van der Waals surface area (Å²) in [5.74, 6) is -0.214. The van der Waals surface area contributed by atoms with Gasteiger partial charge in [-0.25, -0.2) is 5.43 Å². The smallest absolute Gasteiger partial charge is 0.236 e. The highest BCUT2D eigenvalue weighted by Gasteiger charge is 2.14. The lowest BCUT2D eigenvalue weighted by molar-refractivity contribution is -0.115. The fourth-order valence-electron chi connectivity index (χ4n) is 1.57. The molecule has 1 amide bonds. The normalized spacial score (nSPS) is 10.3. The maximum atomic E-state index is 11.0. The predicted molar refractivity (Wildman–Crippen MR) is 67.5 cm³/mol. The van der Waals surface area contributed by atoms with E-state index >= 15 is 0 Å². The molecule has 0 aliphatic rings. The van der Waals surface area contributed by atoms with Gasteiger partial charge in [-0.3, -0.25) is 4.79 Å². The number of carbonyl (C=O) groups excluding carboxylic acids is 1. The van der Waals surface area contributed by atoms with Crippen LogP contribution in [0.4, 0.5) is 0 Å². The van der Waals surface area contributed by atoms with Crippen LogP contribution >= 0.6 is 11.6 Å². The molecular formula is C12H12ClN3O. The molecule has 0 fully saturated rings. The lowest BCUT2D eigenvalue weighted by atomic mass is 10.1. The first-order valence-corrected chi connectivity index (χ1v) is 5.55. The van der Waals surface area contributed by atoms with Crippen LogP contribution in [0.3, 0.4) is 0 Å². The first kappa shape index (κ1) is 11.7. The van der Waals surface area contributed by atoms with E-state index < -0.39 is 0 Å². The van der Waals surface area contributed by atoms with Crippen molar-refractivity contribution in [2.45, 2.75) is 13.8 Å². The zero-order valence-electron chi connectivity index (χ0n) is 9.57. The summed E-state index contributed by atoms with van der Waals surface area (Å²) in [5.41, 5.74) is 5.11. The number of carbonyl (C=O) groups is 1. The van der Waals surface area contributed by atoms with Crippen LogP contribution < -0.4 is 5.43 Å². The topological polar surface area (TPSA) is 46.9 Å². The largest absolute Gasteiger partial charge is 0.274 e. The van der Waals surface area contributed by atoms with Gasteiger partial charge >= 0.3 is 0 Å². The van der Waals surface area contributed by atoms with Gasteiger partial charge in [0.2, 0.25) is 5.91 Å². The Morgan fingerprint density at radius 2 is 2.00 bits per heavy atom. The number of aromatic nitrogens is 2. The Bertz CT molecular complexity index is 548. The number of nitrogens with one attached hydrogen (secondary N) is 1. The second-order valence-electron chi connectivity index (χ2n) is 3.71. The van der Waals surface area contributed by atoms with Crippen molar-refractivity contribution in [2.75, 3.05) is 5.43 Å². The van der Waals surface area contributed by atoms with Crippen LogP contribution in [-0.2, 0) is 4.79 Å². The minimum atomic E-state index is -0.214. The Hall–Kier alpha value is -1.81. The van der Waals surface area contributed by atoms with Gasteiger partial charge in [0.1, 0.15) is 0 Å². The summed E-state index contributed by atoms with van der Waals surface area (Å²) in [6, 6.07) is 9.69. The molecule has 2 rings (SSSR count). The van der Waals surface area contributed by atoms with Gasteiger partial charge in [-0.15, -0.1) is 0 Å². The molecule has 4 nitrogen and oxygen atoms in total. The van der Waals surface area contributed by atoms with Crippen molar-refractivity contribution in [1.29, 1.82) is 0 Å². The highest BCUT2D eigenvalue weighted by atomic mass is 35.5. The summed E-state index contributed by atoms with van der Waals surface area (Å²) in [6.45, 7) is 3.28. The third-order valence-corrected chi connectivity index (χ3v) is 2.80. The fourth-order valence-corrected chi connectivity index (χ4v) is 1.74. The van der Waals surface area contributed by atoms with E-state index in [-0.39, 0.29) is 5.91 Å². The molecule has 2 aromatic rings. The van der Waals surface area contributed by atoms with Crippen molar-refractivity contribution in [3.8, 4) is 11.3 Å². The molecule has 0 saturated carbocycles. The average molecular weight is 250 g/mol. The van der Waals surface area contributed by atoms with Crippen molar-refractivity contribution in [1.82, 2.24) is 9.89 Å². The number of nitrogens with zero attached hydrogens (tertiary/aromatic N) is 2. The standard InChI is InChI=1S/C12H12ClN3O/c1-8-11(10-6-4-3-5-7-10)15-16(12(8)13)14-9(2)17/h3-7H,1-2H3,(H,14,17). The Kier molecular flexibility index (Phi) is 3.15. The zero-order valence-corrected chi connectivity index (χ0v) is 10.3. The summed E-state index contributed by atoms with van der Waals surface area (Å²) >= 11 is 6.09. The summed E-state index contributed by atoms with van der Waals surface area (Å²) in [5, 5.41) is 4.69. The zero-order chi connectivity index (χ0) is 12.4. The molecule has 0 saturated heterocycles. The third-order valence-electron chi connectivity index (χ3n) is 2.36. The number of hydrogen-bond acceptors (Lipinski definition) is 2. The maximum absolute atomic E-state index is 11.0. The van der Waals surface area contributed by atoms with Gasteiger partial charge in [0.15, 0.2) is 5.15 Å². The maximum Gasteiger partial charge on any atom is 0.236 e. The summed E-state index contributed by atoms with van der Waals surface area (Å²) in [7, 11) is 0. The van der Waals surface area contributed by atoms with Crippen LogP contribution in [0.25, 0.3) is 11.3 Å². The van der Waals surface area contributed by atoms with Gasteiger partial charge in [0, 0.05) is 18.1 Å². The molecule has 17 heavy (non-hydrogen) atoms. The lowest BCUT2D eigenvalue weighted by Gasteiger charge is -2.01. The van der Waals surface area contributed by atoms with E-state index in [0.717, 1.165) is 16.8 Å². The van der Waals surface area contributed by atoms with E-state index in [2.05, 4.69) is 10.5 Å². The molecule has 1 aromatic heterocycles. The molecule has 0 atom stereocenters. The van der Waals surface area contributed by atoms with Crippen molar-refractivity contribution < 1.29 is 4.79 Å². The molecule has 0 aliphatic heterocycles. The first-order valence-electron chi connectivity index (χ1n) is 5.17. The quantitative estimate of drug-likeness (QED) is 0.889. The molecular weight excluding hydrogens is 238 g/mol. The van der Waals surface area contributed by atoms with Gasteiger partial charge in [-0.1, -0.05) is 41.9 Å². The lowest BCUT2D eigenvalue weighted by Crippen LogP contribution is -2.21. The monoisotopic (exact) mass is 249 g/mol. The van der Waals surface area contributed by atoms with E-state index in [0.29, 0.717) is 5.15 Å². The van der Waals surface area contributed by atoms with Gasteiger partial charge in [0.25, 0.3) is 0 Å². The molecule has 0 bridgehead atoms. The van der Waals surface area contributed by atoms with Gasteiger partial charge < -0.3 is 0 Å². The highest BCUT2D eigenvalue weighted by molar-refractivity contribution is 6.30. The van der Waals surface area contributed by atoms with Crippen molar-refractivity contribution in [3.05, 3.63) is 41.0 Å². The van der Waals surface area contributed by atoms with E-state index in [1.807, 2.05) is 37.3 Å². The molecule has 0 spiro atoms. The molecule has 1 aromatic carbocycles. The highest BCUT2D eigenvalue weighted by Crippen LogP contribution is 2.26. The second kappa shape index (κ2) is 4.59. The van der Waals surface area contributed by atoms with Crippen LogP contribution in [0.2, 0.25) is 5.15 Å². The molecule has 1 heterocycles. The minimum absolute atomic E-state index is 0.214. The van der Waals surface area contributed by atoms with Crippen molar-refractivity contribution in [3.63, 3.8) is 0 Å². The van der Waals surface area contributed by atoms with Crippen molar-refractivity contribution >= 4 is 17.5 Å². The summed E-state index contributed by atoms with van der Waals surface area (Å²) in [4.78, 5) is 12.3. The molecule has 5 heteroatoms. The SMILES string of the molecule is CC(=O)Nn1nc(-c2ccccc2)c(C)c1Cl. The molecule has 88 valence electrons. The predicted octanol–water partition coefficient (Wildman–Crippen LogP) is 2.60. The Balaban J connectivity index is 2.46. The van der Waals surface area contributed by atoms with Gasteiger partial charge in [0.05, 0.1) is 5.69 Å². The van der Waals surface area contributed by atoms with E-state index in [1.54, 1.807) is 0 Å². The molecule has 1 N–H and O–H groups in total. The number of rotatable bonds is 2. The van der Waals surface area contributed by atoms with Crippen LogP contribution in [0, 0.1) is 6.92 Å². The Labute approximate surface area is 104 Å². The third kappa shape index (κ3) is 2.31. The average Bonchev–Trinajstić information content (AvgIpc) is 2.58.